The molecule has 8 nitrogen and oxygen atoms in total. The van der Waals surface area contributed by atoms with Gasteiger partial charge in [-0.3, -0.25) is 4.40 Å². The Morgan fingerprint density at radius 2 is 1.49 bits per heavy atom. The van der Waals surface area contributed by atoms with Gasteiger partial charge < -0.3 is 9.47 Å². The lowest BCUT2D eigenvalue weighted by atomic mass is 10.1. The van der Waals surface area contributed by atoms with Crippen LogP contribution >= 0.6 is 0 Å². The van der Waals surface area contributed by atoms with E-state index in [1.807, 2.05) is 30.3 Å². The lowest BCUT2D eigenvalue weighted by molar-refractivity contribution is -0.274. The molecule has 0 radical (unpaired) electrons. The van der Waals surface area contributed by atoms with Crippen molar-refractivity contribution >= 4 is 5.65 Å². The van der Waals surface area contributed by atoms with E-state index in [0.29, 0.717) is 17.7 Å². The molecule has 0 atom stereocenters. The zero-order valence-electron chi connectivity index (χ0n) is 18.8. The van der Waals surface area contributed by atoms with E-state index in [0.717, 1.165) is 22.1 Å². The quantitative estimate of drug-likeness (QED) is 0.264. The number of fused-ring (bicyclic) bond motifs is 1. The molecule has 0 bridgehead atoms. The van der Waals surface area contributed by atoms with Gasteiger partial charge in [-0.25, -0.2) is 4.68 Å². The lowest BCUT2D eigenvalue weighted by Crippen LogP contribution is -2.21. The smallest absolute Gasteiger partial charge is 0.406 e. The van der Waals surface area contributed by atoms with Gasteiger partial charge in [-0.15, -0.1) is 28.5 Å². The molecule has 5 aromatic rings. The molecule has 0 N–H and O–H groups in total. The number of pyridine rings is 1. The first-order valence-corrected chi connectivity index (χ1v) is 10.8. The molecule has 0 fully saturated rings. The highest BCUT2D eigenvalue weighted by molar-refractivity contribution is 5.65. The molecule has 5 rings (SSSR count). The molecular weight excluding hydrogens is 499 g/mol. The number of aromatic nitrogens is 6. The summed E-state index contributed by atoms with van der Waals surface area (Å²) in [6.45, 7) is -0.109. The summed E-state index contributed by atoms with van der Waals surface area (Å²) in [6.07, 6.45) is -5.79. The lowest BCUT2D eigenvalue weighted by Gasteiger charge is -2.14. The monoisotopic (exact) mass is 516 g/mol. The SMILES string of the molecule is FC(F)(F)Oc1ccc(-c2ccc3nnc(C(F)(F)OCc4cn(Cc5ccccc5)nn4)n3c2)cc1. The summed E-state index contributed by atoms with van der Waals surface area (Å²) >= 11 is 0. The van der Waals surface area contributed by atoms with Crippen molar-refractivity contribution in [1.29, 1.82) is 0 Å². The van der Waals surface area contributed by atoms with Crippen LogP contribution < -0.4 is 4.74 Å². The van der Waals surface area contributed by atoms with Gasteiger partial charge in [-0.05, 0) is 41.0 Å². The Labute approximate surface area is 205 Å². The maximum atomic E-state index is 15.0. The number of nitrogens with zero attached hydrogens (tertiary/aromatic N) is 6. The molecule has 0 aliphatic rings. The van der Waals surface area contributed by atoms with Gasteiger partial charge in [0, 0.05) is 6.20 Å². The summed E-state index contributed by atoms with van der Waals surface area (Å²) in [6, 6.07) is 17.5. The molecule has 2 aromatic carbocycles. The van der Waals surface area contributed by atoms with Gasteiger partial charge in [0.05, 0.1) is 19.3 Å². The standard InChI is InChI=1S/C24H17F5N6O2/c25-23(26,36-15-19-14-34(33-30-19)12-16-4-2-1-3-5-16)22-32-31-21-11-8-18(13-35(21)22)17-6-9-20(10-7-17)37-24(27,28)29/h1-11,13-14H,12,15H2. The maximum absolute atomic E-state index is 15.0. The van der Waals surface area contributed by atoms with Crippen molar-refractivity contribution in [2.75, 3.05) is 0 Å². The summed E-state index contributed by atoms with van der Waals surface area (Å²) < 4.78 is 78.4. The van der Waals surface area contributed by atoms with Crippen molar-refractivity contribution in [1.82, 2.24) is 29.6 Å². The molecule has 3 aromatic heterocycles. The van der Waals surface area contributed by atoms with Crippen molar-refractivity contribution in [3.05, 3.63) is 96.2 Å². The first-order valence-electron chi connectivity index (χ1n) is 10.8. The topological polar surface area (TPSA) is 79.4 Å². The molecule has 0 saturated heterocycles. The van der Waals surface area contributed by atoms with Crippen LogP contribution in [0.1, 0.15) is 17.1 Å². The van der Waals surface area contributed by atoms with E-state index >= 15 is 0 Å². The fourth-order valence-corrected chi connectivity index (χ4v) is 3.59. The van der Waals surface area contributed by atoms with Gasteiger partial charge >= 0.3 is 12.5 Å². The molecule has 3 heterocycles. The highest BCUT2D eigenvalue weighted by atomic mass is 19.4. The number of ether oxygens (including phenoxy) is 2. The van der Waals surface area contributed by atoms with E-state index in [2.05, 4.69) is 25.2 Å². The molecule has 0 aliphatic carbocycles. The predicted octanol–water partition coefficient (Wildman–Crippen LogP) is 5.20. The number of halogens is 5. The number of rotatable bonds is 8. The zero-order chi connectivity index (χ0) is 26.0. The summed E-state index contributed by atoms with van der Waals surface area (Å²) in [5, 5.41) is 15.1. The predicted molar refractivity (Wildman–Crippen MR) is 119 cm³/mol. The summed E-state index contributed by atoms with van der Waals surface area (Å²) in [4.78, 5) is 0. The van der Waals surface area contributed by atoms with E-state index in [1.54, 1.807) is 6.07 Å². The molecule has 0 aliphatic heterocycles. The van der Waals surface area contributed by atoms with Gasteiger partial charge in [0.15, 0.2) is 5.65 Å². The molecular formula is C24H17F5N6O2. The Hall–Kier alpha value is -4.39. The zero-order valence-corrected chi connectivity index (χ0v) is 18.8. The van der Waals surface area contributed by atoms with Crippen LogP contribution in [0.25, 0.3) is 16.8 Å². The largest absolute Gasteiger partial charge is 0.573 e. The van der Waals surface area contributed by atoms with Crippen LogP contribution in [0.4, 0.5) is 22.0 Å². The van der Waals surface area contributed by atoms with E-state index in [1.165, 1.54) is 35.3 Å². The fourth-order valence-electron chi connectivity index (χ4n) is 3.59. The third kappa shape index (κ3) is 5.72. The van der Waals surface area contributed by atoms with Crippen molar-refractivity contribution in [3.63, 3.8) is 0 Å². The maximum Gasteiger partial charge on any atom is 0.573 e. The van der Waals surface area contributed by atoms with E-state index in [4.69, 9.17) is 4.74 Å². The average molecular weight is 516 g/mol. The Morgan fingerprint density at radius 3 is 2.22 bits per heavy atom. The molecule has 190 valence electrons. The minimum absolute atomic E-state index is 0.132. The van der Waals surface area contributed by atoms with E-state index in [9.17, 15) is 22.0 Å². The third-order valence-corrected chi connectivity index (χ3v) is 5.26. The fraction of sp³-hybridized carbons (Fsp3) is 0.167. The summed E-state index contributed by atoms with van der Waals surface area (Å²) in [5.74, 6) is -1.17. The second-order valence-corrected chi connectivity index (χ2v) is 7.94. The van der Waals surface area contributed by atoms with Crippen molar-refractivity contribution in [2.24, 2.45) is 0 Å². The minimum atomic E-state index is -4.82. The summed E-state index contributed by atoms with van der Waals surface area (Å²) in [5.41, 5.74) is 2.21. The molecule has 37 heavy (non-hydrogen) atoms. The van der Waals surface area contributed by atoms with E-state index in [-0.39, 0.29) is 11.3 Å². The van der Waals surface area contributed by atoms with Crippen molar-refractivity contribution in [3.8, 4) is 16.9 Å². The Balaban J connectivity index is 1.31. The highest BCUT2D eigenvalue weighted by Gasteiger charge is 2.39. The minimum Gasteiger partial charge on any atom is -0.406 e. The van der Waals surface area contributed by atoms with E-state index < -0.39 is 30.7 Å². The highest BCUT2D eigenvalue weighted by Crippen LogP contribution is 2.31. The second kappa shape index (κ2) is 9.58. The number of hydrogen-bond donors (Lipinski definition) is 0. The van der Waals surface area contributed by atoms with Crippen LogP contribution in [-0.4, -0.2) is 36.0 Å². The van der Waals surface area contributed by atoms with Gasteiger partial charge in [0.25, 0.3) is 0 Å². The Bertz CT molecular complexity index is 1500. The van der Waals surface area contributed by atoms with Gasteiger partial charge in [0.2, 0.25) is 5.82 Å². The van der Waals surface area contributed by atoms with Crippen LogP contribution in [0.5, 0.6) is 5.75 Å². The average Bonchev–Trinajstić information content (AvgIpc) is 3.50. The molecule has 0 saturated carbocycles. The van der Waals surface area contributed by atoms with Crippen LogP contribution in [0.15, 0.2) is 79.1 Å². The Kier molecular flexibility index (Phi) is 6.29. The first kappa shape index (κ1) is 24.3. The third-order valence-electron chi connectivity index (χ3n) is 5.26. The summed E-state index contributed by atoms with van der Waals surface area (Å²) in [7, 11) is 0. The van der Waals surface area contributed by atoms with Crippen LogP contribution in [0, 0.1) is 0 Å². The number of alkyl halides is 5. The van der Waals surface area contributed by atoms with Gasteiger partial charge in [-0.1, -0.05) is 47.7 Å². The number of hydrogen-bond acceptors (Lipinski definition) is 6. The first-order chi connectivity index (χ1) is 17.7. The molecule has 13 heteroatoms. The van der Waals surface area contributed by atoms with Crippen LogP contribution in [0.3, 0.4) is 0 Å². The van der Waals surface area contributed by atoms with Crippen molar-refractivity contribution in [2.45, 2.75) is 25.6 Å². The van der Waals surface area contributed by atoms with Crippen molar-refractivity contribution < 1.29 is 31.4 Å². The molecule has 0 spiro atoms. The Morgan fingerprint density at radius 1 is 0.757 bits per heavy atom. The number of benzene rings is 2. The normalized spacial score (nSPS) is 12.2. The second-order valence-electron chi connectivity index (χ2n) is 7.94. The molecule has 0 amide bonds. The van der Waals surface area contributed by atoms with Gasteiger partial charge in [0.1, 0.15) is 11.4 Å². The van der Waals surface area contributed by atoms with Crippen LogP contribution in [0.2, 0.25) is 0 Å². The molecule has 0 unspecified atom stereocenters. The van der Waals surface area contributed by atoms with Gasteiger partial charge in [-0.2, -0.15) is 8.78 Å². The van der Waals surface area contributed by atoms with Crippen LogP contribution in [-0.2, 0) is 24.0 Å².